The van der Waals surface area contributed by atoms with Crippen molar-refractivity contribution in [3.8, 4) is 28.6 Å². The van der Waals surface area contributed by atoms with Crippen molar-refractivity contribution in [3.05, 3.63) is 78.6 Å². The lowest BCUT2D eigenvalue weighted by molar-refractivity contribution is -0.118. The third-order valence-electron chi connectivity index (χ3n) is 5.59. The van der Waals surface area contributed by atoms with Crippen LogP contribution in [0, 0.1) is 0 Å². The van der Waals surface area contributed by atoms with Crippen molar-refractivity contribution < 1.29 is 14.3 Å². The van der Waals surface area contributed by atoms with Crippen LogP contribution in [-0.2, 0) is 4.79 Å². The summed E-state index contributed by atoms with van der Waals surface area (Å²) < 4.78 is 13.2. The number of nitrogens with zero attached hydrogens (tertiary/aromatic N) is 5. The summed E-state index contributed by atoms with van der Waals surface area (Å²) in [7, 11) is 0. The van der Waals surface area contributed by atoms with E-state index in [9.17, 15) is 4.79 Å². The molecule has 1 N–H and O–H groups in total. The molecular formula is C29H32N6O3S. The molecule has 2 aromatic carbocycles. The van der Waals surface area contributed by atoms with Crippen molar-refractivity contribution in [2.45, 2.75) is 38.3 Å². The van der Waals surface area contributed by atoms with Crippen molar-refractivity contribution in [1.82, 2.24) is 25.2 Å². The zero-order valence-corrected chi connectivity index (χ0v) is 22.9. The molecule has 0 spiro atoms. The van der Waals surface area contributed by atoms with Crippen LogP contribution in [0.1, 0.15) is 38.7 Å². The topological polar surface area (TPSA) is 104 Å². The van der Waals surface area contributed by atoms with Crippen LogP contribution in [0.15, 0.2) is 83.3 Å². The number of benzene rings is 2. The smallest absolute Gasteiger partial charge is 0.250 e. The highest BCUT2D eigenvalue weighted by molar-refractivity contribution is 7.99. The largest absolute Gasteiger partial charge is 0.494 e. The number of aromatic nitrogens is 4. The minimum atomic E-state index is -0.253. The molecular weight excluding hydrogens is 512 g/mol. The lowest BCUT2D eigenvalue weighted by Gasteiger charge is -2.11. The number of pyridine rings is 1. The number of carbonyl (C=O) groups excluding carboxylic acids is 1. The Morgan fingerprint density at radius 3 is 2.49 bits per heavy atom. The summed E-state index contributed by atoms with van der Waals surface area (Å²) in [6.45, 7) is 5.41. The first-order valence-corrected chi connectivity index (χ1v) is 13.9. The molecule has 202 valence electrons. The fourth-order valence-corrected chi connectivity index (χ4v) is 4.41. The Kier molecular flexibility index (Phi) is 10.5. The van der Waals surface area contributed by atoms with E-state index in [4.69, 9.17) is 9.47 Å². The van der Waals surface area contributed by atoms with Gasteiger partial charge in [0.1, 0.15) is 11.5 Å². The van der Waals surface area contributed by atoms with Gasteiger partial charge < -0.3 is 9.47 Å². The van der Waals surface area contributed by atoms with Gasteiger partial charge in [-0.3, -0.25) is 14.3 Å². The molecule has 0 aliphatic rings. The Balaban J connectivity index is 1.38. The number of amides is 1. The second-order valence-corrected chi connectivity index (χ2v) is 9.46. The fourth-order valence-electron chi connectivity index (χ4n) is 3.67. The van der Waals surface area contributed by atoms with E-state index in [0.717, 1.165) is 41.2 Å². The summed E-state index contributed by atoms with van der Waals surface area (Å²) in [5.74, 6) is 2.09. The average Bonchev–Trinajstić information content (AvgIpc) is 3.40. The Bertz CT molecular complexity index is 1340. The molecule has 0 saturated carbocycles. The van der Waals surface area contributed by atoms with Gasteiger partial charge in [-0.25, -0.2) is 5.43 Å². The number of unbranched alkanes of at least 4 members (excludes halogenated alkanes) is 2. The Hall–Kier alpha value is -4.18. The monoisotopic (exact) mass is 544 g/mol. The van der Waals surface area contributed by atoms with E-state index in [-0.39, 0.29) is 11.7 Å². The van der Waals surface area contributed by atoms with E-state index in [2.05, 4.69) is 32.6 Å². The zero-order chi connectivity index (χ0) is 27.3. The van der Waals surface area contributed by atoms with Crippen molar-refractivity contribution >= 4 is 23.9 Å². The Morgan fingerprint density at radius 2 is 1.77 bits per heavy atom. The van der Waals surface area contributed by atoms with Gasteiger partial charge in [0.15, 0.2) is 11.0 Å². The second-order valence-electron chi connectivity index (χ2n) is 8.52. The van der Waals surface area contributed by atoms with Gasteiger partial charge in [-0.1, -0.05) is 31.5 Å². The summed E-state index contributed by atoms with van der Waals surface area (Å²) >= 11 is 1.27. The van der Waals surface area contributed by atoms with Crippen LogP contribution in [0.5, 0.6) is 11.5 Å². The first-order valence-electron chi connectivity index (χ1n) is 12.9. The van der Waals surface area contributed by atoms with Crippen molar-refractivity contribution in [3.63, 3.8) is 0 Å². The maximum Gasteiger partial charge on any atom is 0.250 e. The van der Waals surface area contributed by atoms with Crippen LogP contribution in [0.2, 0.25) is 0 Å². The van der Waals surface area contributed by atoms with Crippen LogP contribution in [0.25, 0.3) is 17.1 Å². The molecule has 1 amide bonds. The molecule has 10 heteroatoms. The second kappa shape index (κ2) is 14.7. The molecule has 0 unspecified atom stereocenters. The van der Waals surface area contributed by atoms with Crippen molar-refractivity contribution in [1.29, 1.82) is 0 Å². The van der Waals surface area contributed by atoms with E-state index in [1.54, 1.807) is 18.6 Å². The summed E-state index contributed by atoms with van der Waals surface area (Å²) in [6, 6.07) is 19.0. The molecule has 0 aliphatic carbocycles. The lowest BCUT2D eigenvalue weighted by Crippen LogP contribution is -2.20. The Morgan fingerprint density at radius 1 is 1.00 bits per heavy atom. The summed E-state index contributed by atoms with van der Waals surface area (Å²) in [4.78, 5) is 16.7. The number of ether oxygens (including phenoxy) is 2. The van der Waals surface area contributed by atoms with Crippen LogP contribution in [0.3, 0.4) is 0 Å². The quantitative estimate of drug-likeness (QED) is 0.0962. The molecule has 0 aliphatic heterocycles. The predicted octanol–water partition coefficient (Wildman–Crippen LogP) is 5.54. The SMILES string of the molecule is CCCCCOc1ccc(C=NNC(=O)CSc2nnc(-c3cccnc3)n2-c2ccc(OCC)cc2)cc1. The highest BCUT2D eigenvalue weighted by atomic mass is 32.2. The minimum Gasteiger partial charge on any atom is -0.494 e. The third kappa shape index (κ3) is 8.15. The fraction of sp³-hybridized carbons (Fsp3) is 0.276. The van der Waals surface area contributed by atoms with E-state index >= 15 is 0 Å². The molecule has 4 aromatic rings. The van der Waals surface area contributed by atoms with E-state index in [0.29, 0.717) is 24.2 Å². The summed E-state index contributed by atoms with van der Waals surface area (Å²) in [6.07, 6.45) is 8.42. The van der Waals surface area contributed by atoms with Gasteiger partial charge in [0.2, 0.25) is 0 Å². The Labute approximate surface area is 232 Å². The standard InChI is InChI=1S/C29H32N6O3S/c1-3-5-6-18-38-26-13-9-22(10-14-26)19-31-32-27(36)21-39-29-34-33-28(23-8-7-17-30-20-23)35(29)24-11-15-25(16-12-24)37-4-2/h7-17,19-20H,3-6,18,21H2,1-2H3,(H,32,36). The molecule has 4 rings (SSSR count). The highest BCUT2D eigenvalue weighted by Gasteiger charge is 2.17. The number of nitrogens with one attached hydrogen (secondary N) is 1. The number of hydrazone groups is 1. The summed E-state index contributed by atoms with van der Waals surface area (Å²) in [5.41, 5.74) is 5.10. The first kappa shape index (κ1) is 27.8. The van der Waals surface area contributed by atoms with Gasteiger partial charge in [0.25, 0.3) is 5.91 Å². The van der Waals surface area contributed by atoms with Gasteiger partial charge in [0, 0.05) is 23.6 Å². The van der Waals surface area contributed by atoms with Gasteiger partial charge in [-0.05, 0) is 79.6 Å². The molecule has 39 heavy (non-hydrogen) atoms. The molecule has 2 heterocycles. The highest BCUT2D eigenvalue weighted by Crippen LogP contribution is 2.28. The maximum absolute atomic E-state index is 12.5. The van der Waals surface area contributed by atoms with E-state index in [1.807, 2.05) is 72.2 Å². The molecule has 9 nitrogen and oxygen atoms in total. The molecule has 0 bridgehead atoms. The van der Waals surface area contributed by atoms with Crippen LogP contribution >= 0.6 is 11.8 Å². The van der Waals surface area contributed by atoms with E-state index in [1.165, 1.54) is 18.2 Å². The maximum atomic E-state index is 12.5. The number of hydrogen-bond donors (Lipinski definition) is 1. The van der Waals surface area contributed by atoms with Gasteiger partial charge in [0.05, 0.1) is 25.2 Å². The molecule has 0 radical (unpaired) electrons. The van der Waals surface area contributed by atoms with E-state index < -0.39 is 0 Å². The van der Waals surface area contributed by atoms with Crippen molar-refractivity contribution in [2.24, 2.45) is 5.10 Å². The molecule has 0 fully saturated rings. The van der Waals surface area contributed by atoms with Crippen molar-refractivity contribution in [2.75, 3.05) is 19.0 Å². The lowest BCUT2D eigenvalue weighted by atomic mass is 10.2. The number of thioether (sulfide) groups is 1. The third-order valence-corrected chi connectivity index (χ3v) is 6.52. The van der Waals surface area contributed by atoms with Crippen LogP contribution < -0.4 is 14.9 Å². The minimum absolute atomic E-state index is 0.115. The molecule has 0 atom stereocenters. The number of carbonyl (C=O) groups is 1. The molecule has 2 aromatic heterocycles. The zero-order valence-electron chi connectivity index (χ0n) is 22.1. The number of rotatable bonds is 14. The first-order chi connectivity index (χ1) is 19.2. The predicted molar refractivity (Wildman–Crippen MR) is 154 cm³/mol. The van der Waals surface area contributed by atoms with Gasteiger partial charge in [-0.15, -0.1) is 10.2 Å². The van der Waals surface area contributed by atoms with Gasteiger partial charge in [-0.2, -0.15) is 5.10 Å². The number of hydrogen-bond acceptors (Lipinski definition) is 8. The average molecular weight is 545 g/mol. The van der Waals surface area contributed by atoms with Crippen LogP contribution in [0.4, 0.5) is 0 Å². The normalized spacial score (nSPS) is 11.0. The summed E-state index contributed by atoms with van der Waals surface area (Å²) in [5, 5.41) is 13.4. The molecule has 0 saturated heterocycles. The van der Waals surface area contributed by atoms with Gasteiger partial charge >= 0.3 is 0 Å². The van der Waals surface area contributed by atoms with Crippen LogP contribution in [-0.4, -0.2) is 50.8 Å².